The smallest absolute Gasteiger partial charge is 0.228 e. The second-order valence-corrected chi connectivity index (χ2v) is 6.32. The van der Waals surface area contributed by atoms with Crippen molar-refractivity contribution >= 4 is 21.8 Å². The Morgan fingerprint density at radius 1 is 1.44 bits per heavy atom. The molecule has 92 valence electrons. The number of piperidine rings is 1. The van der Waals surface area contributed by atoms with E-state index in [4.69, 9.17) is 4.74 Å². The van der Waals surface area contributed by atoms with Gasteiger partial charge >= 0.3 is 0 Å². The molecule has 3 nitrogen and oxygen atoms in total. The molecule has 2 rings (SSSR count). The number of nitrogens with zero attached hydrogens (tertiary/aromatic N) is 1. The van der Waals surface area contributed by atoms with Gasteiger partial charge in [-0.15, -0.1) is 0 Å². The van der Waals surface area contributed by atoms with E-state index in [9.17, 15) is 4.79 Å². The van der Waals surface area contributed by atoms with Crippen LogP contribution in [0.25, 0.3) is 0 Å². The normalized spacial score (nSPS) is 40.1. The van der Waals surface area contributed by atoms with Gasteiger partial charge in [0, 0.05) is 17.9 Å². The van der Waals surface area contributed by atoms with Gasteiger partial charge in [-0.1, -0.05) is 22.9 Å². The molecule has 4 unspecified atom stereocenters. The second-order valence-electron chi connectivity index (χ2n) is 5.14. The number of halogens is 1. The van der Waals surface area contributed by atoms with E-state index >= 15 is 0 Å². The van der Waals surface area contributed by atoms with Gasteiger partial charge in [0.25, 0.3) is 0 Å². The summed E-state index contributed by atoms with van der Waals surface area (Å²) < 4.78 is 5.47. The lowest BCUT2D eigenvalue weighted by Crippen LogP contribution is -2.46. The number of hydrogen-bond donors (Lipinski definition) is 0. The second kappa shape index (κ2) is 5.05. The van der Waals surface area contributed by atoms with Crippen molar-refractivity contribution in [3.63, 3.8) is 0 Å². The molecule has 0 aromatic carbocycles. The summed E-state index contributed by atoms with van der Waals surface area (Å²) in [6.07, 6.45) is 2.24. The Balaban J connectivity index is 1.90. The maximum absolute atomic E-state index is 12.2. The third-order valence-electron chi connectivity index (χ3n) is 3.73. The summed E-state index contributed by atoms with van der Waals surface area (Å²) in [5.41, 5.74) is 0. The van der Waals surface area contributed by atoms with Crippen molar-refractivity contribution in [3.8, 4) is 0 Å². The molecule has 2 aliphatic rings. The first kappa shape index (κ1) is 12.4. The van der Waals surface area contributed by atoms with E-state index < -0.39 is 0 Å². The van der Waals surface area contributed by atoms with Crippen molar-refractivity contribution in [1.82, 2.24) is 4.90 Å². The van der Waals surface area contributed by atoms with Crippen LogP contribution in [0.1, 0.15) is 26.7 Å². The van der Waals surface area contributed by atoms with E-state index in [1.54, 1.807) is 0 Å². The number of carbonyl (C=O) groups is 1. The van der Waals surface area contributed by atoms with Crippen molar-refractivity contribution in [3.05, 3.63) is 0 Å². The summed E-state index contributed by atoms with van der Waals surface area (Å²) >= 11 is 3.66. The molecule has 0 radical (unpaired) electrons. The van der Waals surface area contributed by atoms with Gasteiger partial charge in [0.15, 0.2) is 0 Å². The van der Waals surface area contributed by atoms with Crippen LogP contribution < -0.4 is 0 Å². The third kappa shape index (κ3) is 2.59. The molecule has 16 heavy (non-hydrogen) atoms. The molecule has 2 heterocycles. The molecule has 0 spiro atoms. The van der Waals surface area contributed by atoms with Gasteiger partial charge in [-0.25, -0.2) is 0 Å². The number of carbonyl (C=O) groups excluding carboxylic acids is 1. The molecule has 2 saturated heterocycles. The van der Waals surface area contributed by atoms with E-state index in [-0.39, 0.29) is 12.0 Å². The minimum Gasteiger partial charge on any atom is -0.378 e. The maximum atomic E-state index is 12.2. The summed E-state index contributed by atoms with van der Waals surface area (Å²) in [5.74, 6) is 1.06. The van der Waals surface area contributed by atoms with E-state index in [1.165, 1.54) is 0 Å². The van der Waals surface area contributed by atoms with Crippen LogP contribution in [0.5, 0.6) is 0 Å². The topological polar surface area (TPSA) is 29.5 Å². The van der Waals surface area contributed by atoms with Crippen molar-refractivity contribution < 1.29 is 9.53 Å². The first-order valence-electron chi connectivity index (χ1n) is 6.12. The molecule has 0 bridgehead atoms. The molecule has 2 fully saturated rings. The summed E-state index contributed by atoms with van der Waals surface area (Å²) in [7, 11) is 0. The van der Waals surface area contributed by atoms with Crippen LogP contribution in [-0.4, -0.2) is 41.4 Å². The zero-order chi connectivity index (χ0) is 11.7. The van der Waals surface area contributed by atoms with Crippen LogP contribution in [0.15, 0.2) is 0 Å². The molecule has 0 aliphatic carbocycles. The van der Waals surface area contributed by atoms with Gasteiger partial charge in [0.1, 0.15) is 0 Å². The summed E-state index contributed by atoms with van der Waals surface area (Å²) in [4.78, 5) is 14.7. The highest BCUT2D eigenvalue weighted by Crippen LogP contribution is 2.27. The van der Waals surface area contributed by atoms with Gasteiger partial charge in [-0.3, -0.25) is 4.79 Å². The van der Waals surface area contributed by atoms with Crippen LogP contribution in [0.4, 0.5) is 0 Å². The summed E-state index contributed by atoms with van der Waals surface area (Å²) in [6, 6.07) is 0. The predicted molar refractivity (Wildman–Crippen MR) is 66.6 cm³/mol. The molecular formula is C12H20BrNO2. The Hall–Kier alpha value is -0.0900. The predicted octanol–water partition coefficient (Wildman–Crippen LogP) is 2.04. The highest BCUT2D eigenvalue weighted by molar-refractivity contribution is 9.09. The van der Waals surface area contributed by atoms with E-state index in [0.717, 1.165) is 25.9 Å². The third-order valence-corrected chi connectivity index (χ3v) is 4.92. The van der Waals surface area contributed by atoms with Crippen LogP contribution >= 0.6 is 15.9 Å². The van der Waals surface area contributed by atoms with Crippen molar-refractivity contribution in [2.24, 2.45) is 11.8 Å². The van der Waals surface area contributed by atoms with E-state index in [2.05, 4.69) is 22.9 Å². The fraction of sp³-hybridized carbons (Fsp3) is 0.917. The lowest BCUT2D eigenvalue weighted by molar-refractivity contribution is -0.136. The molecule has 0 aromatic rings. The van der Waals surface area contributed by atoms with Crippen LogP contribution in [0.3, 0.4) is 0 Å². The van der Waals surface area contributed by atoms with E-state index in [0.29, 0.717) is 23.3 Å². The maximum Gasteiger partial charge on any atom is 0.228 e. The highest BCUT2D eigenvalue weighted by atomic mass is 79.9. The quantitative estimate of drug-likeness (QED) is 0.692. The molecule has 4 atom stereocenters. The van der Waals surface area contributed by atoms with Crippen LogP contribution in [-0.2, 0) is 9.53 Å². The van der Waals surface area contributed by atoms with Crippen LogP contribution in [0.2, 0.25) is 0 Å². The molecular weight excluding hydrogens is 270 g/mol. The molecule has 0 aromatic heterocycles. The van der Waals surface area contributed by atoms with Gasteiger partial charge in [-0.05, 0) is 25.7 Å². The number of amides is 1. The standard InChI is InChI=1S/C12H20BrNO2/c1-8-3-4-14(6-11(8)13)12(15)10-5-9(2)16-7-10/h8-11H,3-7H2,1-2H3. The molecule has 0 saturated carbocycles. The molecule has 0 N–H and O–H groups in total. The molecule has 2 aliphatic heterocycles. The number of hydrogen-bond acceptors (Lipinski definition) is 2. The Morgan fingerprint density at radius 3 is 2.75 bits per heavy atom. The Labute approximate surface area is 106 Å². The van der Waals surface area contributed by atoms with Crippen molar-refractivity contribution in [2.45, 2.75) is 37.6 Å². The van der Waals surface area contributed by atoms with Gasteiger partial charge in [0.05, 0.1) is 18.6 Å². The first-order valence-corrected chi connectivity index (χ1v) is 7.04. The zero-order valence-electron chi connectivity index (χ0n) is 9.99. The minimum atomic E-state index is 0.100. The summed E-state index contributed by atoms with van der Waals surface area (Å²) in [6.45, 7) is 6.65. The van der Waals surface area contributed by atoms with Crippen LogP contribution in [0, 0.1) is 11.8 Å². The monoisotopic (exact) mass is 289 g/mol. The Kier molecular flexibility index (Phi) is 3.90. The SMILES string of the molecule is CC1CC(C(=O)N2CCC(C)C(Br)C2)CO1. The largest absolute Gasteiger partial charge is 0.378 e. The van der Waals surface area contributed by atoms with Gasteiger partial charge in [-0.2, -0.15) is 0 Å². The fourth-order valence-electron chi connectivity index (χ4n) is 2.47. The fourth-order valence-corrected chi connectivity index (χ4v) is 3.08. The van der Waals surface area contributed by atoms with Crippen molar-refractivity contribution in [2.75, 3.05) is 19.7 Å². The number of rotatable bonds is 1. The Bertz CT molecular complexity index is 272. The Morgan fingerprint density at radius 2 is 2.19 bits per heavy atom. The minimum absolute atomic E-state index is 0.100. The van der Waals surface area contributed by atoms with Crippen molar-refractivity contribution in [1.29, 1.82) is 0 Å². The molecule has 4 heteroatoms. The average molecular weight is 290 g/mol. The molecule has 1 amide bonds. The lowest BCUT2D eigenvalue weighted by atomic mass is 9.97. The zero-order valence-corrected chi connectivity index (χ0v) is 11.6. The number of likely N-dealkylation sites (tertiary alicyclic amines) is 1. The lowest BCUT2D eigenvalue weighted by Gasteiger charge is -2.35. The summed E-state index contributed by atoms with van der Waals surface area (Å²) in [5, 5.41) is 0. The van der Waals surface area contributed by atoms with E-state index in [1.807, 2.05) is 11.8 Å². The first-order chi connectivity index (χ1) is 7.58. The van der Waals surface area contributed by atoms with Gasteiger partial charge in [0.2, 0.25) is 5.91 Å². The highest BCUT2D eigenvalue weighted by Gasteiger charge is 2.34. The number of alkyl halides is 1. The average Bonchev–Trinajstić information content (AvgIpc) is 2.68. The number of ether oxygens (including phenoxy) is 1. The van der Waals surface area contributed by atoms with Gasteiger partial charge < -0.3 is 9.64 Å².